The zero-order valence-electron chi connectivity index (χ0n) is 26.1. The predicted molar refractivity (Wildman–Crippen MR) is 164 cm³/mol. The number of aliphatic imine (C=N–C) groups is 1. The van der Waals surface area contributed by atoms with Gasteiger partial charge in [0.25, 0.3) is 0 Å². The van der Waals surface area contributed by atoms with Gasteiger partial charge in [-0.1, -0.05) is 77.9 Å². The van der Waals surface area contributed by atoms with Gasteiger partial charge in [0.2, 0.25) is 7.37 Å². The van der Waals surface area contributed by atoms with Crippen LogP contribution in [-0.4, -0.2) is 41.6 Å². The van der Waals surface area contributed by atoms with E-state index in [-0.39, 0.29) is 25.6 Å². The third-order valence-corrected chi connectivity index (χ3v) is 11.7. The van der Waals surface area contributed by atoms with Crippen LogP contribution in [0.5, 0.6) is 5.75 Å². The minimum Gasteiger partial charge on any atom is -0.493 e. The molecular weight excluding hydrogens is 562 g/mol. The van der Waals surface area contributed by atoms with E-state index in [1.807, 2.05) is 59.7 Å². The van der Waals surface area contributed by atoms with E-state index >= 15 is 0 Å². The Hall–Kier alpha value is -2.31. The summed E-state index contributed by atoms with van der Waals surface area (Å²) in [6, 6.07) is 14.4. The summed E-state index contributed by atoms with van der Waals surface area (Å²) < 4.78 is 73.6. The van der Waals surface area contributed by atoms with Crippen LogP contribution < -0.4 is 4.74 Å². The molecule has 9 heteroatoms. The maximum absolute atomic E-state index is 14.1. The molecule has 234 valence electrons. The van der Waals surface area contributed by atoms with Gasteiger partial charge in [0, 0.05) is 17.2 Å². The SMILES string of the molecule is CC1=NC(CCc2ccc(OCCCCCc3ccccc3)c(C(F)(F)F)c2)(COP(=O)(C(C)(C)C)C(C)(C)C)CO1. The average molecular weight is 610 g/mol. The molecule has 0 fully saturated rings. The molecule has 0 saturated carbocycles. The first-order valence-corrected chi connectivity index (χ1v) is 16.4. The first kappa shape index (κ1) is 34.2. The molecule has 0 saturated heterocycles. The van der Waals surface area contributed by atoms with E-state index in [9.17, 15) is 17.7 Å². The van der Waals surface area contributed by atoms with Crippen molar-refractivity contribution in [3.63, 3.8) is 0 Å². The van der Waals surface area contributed by atoms with Gasteiger partial charge < -0.3 is 14.0 Å². The molecule has 0 bridgehead atoms. The summed E-state index contributed by atoms with van der Waals surface area (Å²) in [5, 5.41) is -1.19. The van der Waals surface area contributed by atoms with Gasteiger partial charge >= 0.3 is 6.18 Å². The molecule has 0 radical (unpaired) electrons. The molecule has 1 atom stereocenters. The van der Waals surface area contributed by atoms with Crippen LogP contribution in [0.25, 0.3) is 0 Å². The number of ether oxygens (including phenoxy) is 2. The summed E-state index contributed by atoms with van der Waals surface area (Å²) in [4.78, 5) is 4.68. The molecule has 2 aromatic carbocycles. The average Bonchev–Trinajstić information content (AvgIpc) is 3.28. The molecule has 0 amide bonds. The van der Waals surface area contributed by atoms with Crippen molar-refractivity contribution in [1.82, 2.24) is 0 Å². The van der Waals surface area contributed by atoms with Crippen molar-refractivity contribution in [2.75, 3.05) is 19.8 Å². The van der Waals surface area contributed by atoms with Gasteiger partial charge in [0.05, 0.1) is 18.8 Å². The Labute approximate surface area is 249 Å². The Morgan fingerprint density at radius 2 is 1.57 bits per heavy atom. The van der Waals surface area contributed by atoms with E-state index in [1.54, 1.807) is 13.0 Å². The minimum absolute atomic E-state index is 0.0632. The first-order valence-electron chi connectivity index (χ1n) is 14.8. The summed E-state index contributed by atoms with van der Waals surface area (Å²) in [7, 11) is -3.16. The second-order valence-electron chi connectivity index (χ2n) is 13.3. The Kier molecular flexibility index (Phi) is 11.0. The van der Waals surface area contributed by atoms with Crippen LogP contribution in [0.3, 0.4) is 0 Å². The molecule has 0 N–H and O–H groups in total. The number of rotatable bonds is 13. The van der Waals surface area contributed by atoms with Crippen molar-refractivity contribution < 1.29 is 31.7 Å². The Bertz CT molecular complexity index is 1230. The number of benzene rings is 2. The standard InChI is InChI=1S/C33H47F3NO4P/c1-25-37-32(23-40-25,24-41-42(38,30(2,3)4)31(5,6)7)20-19-27-17-18-29(28(22-27)33(34,35)36)39-21-13-9-12-16-26-14-10-8-11-15-26/h8,10-11,14-15,17-18,22H,9,12-13,16,19-21,23-24H2,1-7H3. The summed E-state index contributed by atoms with van der Waals surface area (Å²) in [5.74, 6) is 0.338. The Balaban J connectivity index is 1.65. The monoisotopic (exact) mass is 609 g/mol. The number of alkyl halides is 3. The fraction of sp³-hybridized carbons (Fsp3) is 0.606. The number of aryl methyl sites for hydroxylation is 2. The van der Waals surface area contributed by atoms with Crippen molar-refractivity contribution in [3.05, 3.63) is 65.2 Å². The second kappa shape index (κ2) is 13.5. The number of unbranched alkanes of at least 4 members (excludes halogenated alkanes) is 2. The van der Waals surface area contributed by atoms with E-state index in [4.69, 9.17) is 14.0 Å². The summed E-state index contributed by atoms with van der Waals surface area (Å²) in [6.45, 7) is 13.7. The highest BCUT2D eigenvalue weighted by molar-refractivity contribution is 7.62. The van der Waals surface area contributed by atoms with Gasteiger partial charge in [-0.3, -0.25) is 4.57 Å². The summed E-state index contributed by atoms with van der Waals surface area (Å²) in [5.41, 5.74) is 0.168. The molecule has 0 aromatic heterocycles. The Morgan fingerprint density at radius 3 is 2.14 bits per heavy atom. The van der Waals surface area contributed by atoms with E-state index in [0.717, 1.165) is 19.3 Å². The van der Waals surface area contributed by atoms with Gasteiger partial charge in [-0.25, -0.2) is 4.99 Å². The van der Waals surface area contributed by atoms with E-state index in [2.05, 4.69) is 17.1 Å². The number of hydrogen-bond acceptors (Lipinski definition) is 5. The third-order valence-electron chi connectivity index (χ3n) is 7.66. The lowest BCUT2D eigenvalue weighted by atomic mass is 9.93. The molecule has 1 aliphatic heterocycles. The van der Waals surface area contributed by atoms with Crippen LogP contribution in [0, 0.1) is 0 Å². The molecule has 5 nitrogen and oxygen atoms in total. The number of halogens is 3. The molecular formula is C33H47F3NO4P. The lowest BCUT2D eigenvalue weighted by Crippen LogP contribution is -2.38. The molecule has 1 aliphatic rings. The maximum Gasteiger partial charge on any atom is 0.419 e. The van der Waals surface area contributed by atoms with Crippen LogP contribution in [-0.2, 0) is 32.8 Å². The lowest BCUT2D eigenvalue weighted by Gasteiger charge is -2.41. The van der Waals surface area contributed by atoms with Gasteiger partial charge in [-0.15, -0.1) is 0 Å². The van der Waals surface area contributed by atoms with Crippen molar-refractivity contribution >= 4 is 13.3 Å². The van der Waals surface area contributed by atoms with E-state index in [1.165, 1.54) is 17.7 Å². The predicted octanol–water partition coefficient (Wildman–Crippen LogP) is 9.51. The fourth-order valence-electron chi connectivity index (χ4n) is 5.41. The largest absolute Gasteiger partial charge is 0.493 e. The van der Waals surface area contributed by atoms with Crippen molar-refractivity contribution in [1.29, 1.82) is 0 Å². The number of nitrogens with zero attached hydrogens (tertiary/aromatic N) is 1. The number of hydrogen-bond donors (Lipinski definition) is 0. The third kappa shape index (κ3) is 8.86. The molecule has 1 unspecified atom stereocenters. The smallest absolute Gasteiger partial charge is 0.419 e. The van der Waals surface area contributed by atoms with E-state index in [0.29, 0.717) is 30.7 Å². The van der Waals surface area contributed by atoms with Gasteiger partial charge in [-0.05, 0) is 61.8 Å². The maximum atomic E-state index is 14.1. The van der Waals surface area contributed by atoms with Crippen molar-refractivity contribution in [2.24, 2.45) is 4.99 Å². The summed E-state index contributed by atoms with van der Waals surface area (Å²) >= 11 is 0. The summed E-state index contributed by atoms with van der Waals surface area (Å²) in [6.07, 6.45) is -0.391. The minimum atomic E-state index is -4.54. The zero-order valence-corrected chi connectivity index (χ0v) is 27.0. The molecule has 1 heterocycles. The van der Waals surface area contributed by atoms with Crippen LogP contribution in [0.15, 0.2) is 53.5 Å². The quantitative estimate of drug-likeness (QED) is 0.168. The highest BCUT2D eigenvalue weighted by Crippen LogP contribution is 2.67. The molecule has 2 aromatic rings. The van der Waals surface area contributed by atoms with Crippen LogP contribution in [0.2, 0.25) is 0 Å². The molecule has 3 rings (SSSR count). The van der Waals surface area contributed by atoms with Crippen LogP contribution >= 0.6 is 7.37 Å². The molecule has 42 heavy (non-hydrogen) atoms. The fourth-order valence-corrected chi connectivity index (χ4v) is 8.62. The van der Waals surface area contributed by atoms with Gasteiger partial charge in [0.15, 0.2) is 5.90 Å². The van der Waals surface area contributed by atoms with Crippen LogP contribution in [0.4, 0.5) is 13.2 Å². The molecule has 0 spiro atoms. The highest BCUT2D eigenvalue weighted by atomic mass is 31.2. The lowest BCUT2D eigenvalue weighted by molar-refractivity contribution is -0.139. The second-order valence-corrected chi connectivity index (χ2v) is 17.3. The van der Waals surface area contributed by atoms with Gasteiger partial charge in [-0.2, -0.15) is 13.2 Å². The van der Waals surface area contributed by atoms with Gasteiger partial charge in [0.1, 0.15) is 17.9 Å². The van der Waals surface area contributed by atoms with E-state index < -0.39 is 35.0 Å². The normalized spacial score (nSPS) is 18.1. The van der Waals surface area contributed by atoms with Crippen LogP contribution in [0.1, 0.15) is 90.8 Å². The Morgan fingerprint density at radius 1 is 0.905 bits per heavy atom. The zero-order chi connectivity index (χ0) is 31.2. The highest BCUT2D eigenvalue weighted by Gasteiger charge is 2.50. The van der Waals surface area contributed by atoms with Crippen molar-refractivity contribution in [2.45, 2.75) is 109 Å². The topological polar surface area (TPSA) is 57.1 Å². The van der Waals surface area contributed by atoms with Crippen molar-refractivity contribution in [3.8, 4) is 5.75 Å². The first-order chi connectivity index (χ1) is 19.5. The molecule has 0 aliphatic carbocycles.